The Morgan fingerprint density at radius 3 is 2.49 bits per heavy atom. The summed E-state index contributed by atoms with van der Waals surface area (Å²) in [6, 6.07) is 8.75. The van der Waals surface area contributed by atoms with Gasteiger partial charge in [-0.05, 0) is 69.0 Å². The topological polar surface area (TPSA) is 115 Å². The molecule has 0 saturated heterocycles. The smallest absolute Gasteiger partial charge is 0.402 e. The van der Waals surface area contributed by atoms with E-state index in [9.17, 15) is 13.2 Å². The number of aliphatic imine (C=N–C) groups is 3. The molecule has 0 radical (unpaired) electrons. The highest BCUT2D eigenvalue weighted by molar-refractivity contribution is 7.14. The van der Waals surface area contributed by atoms with Crippen LogP contribution < -0.4 is 17.2 Å². The average molecular weight is 650 g/mol. The third-order valence-corrected chi connectivity index (χ3v) is 7.94. The van der Waals surface area contributed by atoms with E-state index in [-0.39, 0.29) is 19.4 Å². The Morgan fingerprint density at radius 1 is 1.02 bits per heavy atom. The summed E-state index contributed by atoms with van der Waals surface area (Å²) < 4.78 is 38.9. The van der Waals surface area contributed by atoms with Crippen LogP contribution in [0.3, 0.4) is 0 Å². The van der Waals surface area contributed by atoms with Gasteiger partial charge in [-0.1, -0.05) is 60.0 Å². The summed E-state index contributed by atoms with van der Waals surface area (Å²) in [7, 11) is 0. The molecule has 0 atom stereocenters. The molecule has 6 nitrogen and oxygen atoms in total. The van der Waals surface area contributed by atoms with Gasteiger partial charge in [-0.3, -0.25) is 4.99 Å². The number of hydrogen-bond acceptors (Lipinski definition) is 5. The average Bonchev–Trinajstić information content (AvgIpc) is 3.44. The minimum absolute atomic E-state index is 0.0905. The zero-order valence-corrected chi connectivity index (χ0v) is 25.8. The largest absolute Gasteiger partial charge is 0.412 e. The van der Waals surface area contributed by atoms with Crippen molar-refractivity contribution in [1.29, 1.82) is 0 Å². The van der Waals surface area contributed by atoms with Crippen LogP contribution in [0.5, 0.6) is 0 Å². The van der Waals surface area contributed by atoms with Crippen molar-refractivity contribution in [3.8, 4) is 11.8 Å². The molecule has 12 heteroatoms. The van der Waals surface area contributed by atoms with Crippen LogP contribution in [0.1, 0.15) is 54.7 Å². The van der Waals surface area contributed by atoms with Crippen molar-refractivity contribution in [2.75, 3.05) is 13.1 Å². The van der Waals surface area contributed by atoms with Crippen LogP contribution in [-0.4, -0.2) is 37.7 Å². The van der Waals surface area contributed by atoms with Gasteiger partial charge in [0.2, 0.25) is 0 Å². The van der Waals surface area contributed by atoms with Crippen LogP contribution in [0, 0.1) is 11.8 Å². The van der Waals surface area contributed by atoms with E-state index in [1.54, 1.807) is 18.2 Å². The van der Waals surface area contributed by atoms with Crippen LogP contribution in [0.2, 0.25) is 10.0 Å². The maximum Gasteiger partial charge on any atom is 0.412 e. The monoisotopic (exact) mass is 648 g/mol. The molecular formula is C31H33Cl2F3N6S. The van der Waals surface area contributed by atoms with Crippen molar-refractivity contribution < 1.29 is 13.2 Å². The maximum absolute atomic E-state index is 13.0. The molecule has 0 amide bonds. The second-order valence-electron chi connectivity index (χ2n) is 9.56. The normalized spacial score (nSPS) is 14.9. The lowest BCUT2D eigenvalue weighted by Gasteiger charge is -2.14. The van der Waals surface area contributed by atoms with Gasteiger partial charge in [-0.25, -0.2) is 9.98 Å². The first-order chi connectivity index (χ1) is 20.6. The molecule has 43 heavy (non-hydrogen) atoms. The molecule has 0 unspecified atom stereocenters. The van der Waals surface area contributed by atoms with E-state index in [4.69, 9.17) is 45.4 Å². The highest BCUT2D eigenvalue weighted by Gasteiger charge is 2.33. The third kappa shape index (κ3) is 11.0. The molecule has 0 bridgehead atoms. The van der Waals surface area contributed by atoms with Crippen molar-refractivity contribution in [1.82, 2.24) is 0 Å². The fourth-order valence-corrected chi connectivity index (χ4v) is 5.45. The Bertz CT molecular complexity index is 1510. The summed E-state index contributed by atoms with van der Waals surface area (Å²) in [6.45, 7) is 0.841. The molecule has 0 spiro atoms. The van der Waals surface area contributed by atoms with E-state index in [2.05, 4.69) is 21.8 Å². The lowest BCUT2D eigenvalue weighted by molar-refractivity contribution is -0.0940. The number of thiophene rings is 1. The van der Waals surface area contributed by atoms with Crippen LogP contribution in [-0.2, 0) is 0 Å². The summed E-state index contributed by atoms with van der Waals surface area (Å²) in [5, 5.41) is 0.846. The number of allylic oxidation sites excluding steroid dienone is 5. The third-order valence-electron chi connectivity index (χ3n) is 6.40. The molecular weight excluding hydrogens is 616 g/mol. The Hall–Kier alpha value is -3.36. The highest BCUT2D eigenvalue weighted by atomic mass is 35.5. The van der Waals surface area contributed by atoms with Crippen molar-refractivity contribution >= 4 is 58.6 Å². The molecule has 1 aliphatic carbocycles. The van der Waals surface area contributed by atoms with E-state index >= 15 is 0 Å². The molecule has 2 aromatic rings. The first kappa shape index (κ1) is 34.1. The van der Waals surface area contributed by atoms with Gasteiger partial charge >= 0.3 is 6.18 Å². The number of alkyl halides is 3. The van der Waals surface area contributed by atoms with Gasteiger partial charge in [0.25, 0.3) is 0 Å². The number of nitrogens with zero attached hydrogens (tertiary/aromatic N) is 3. The molecule has 1 aliphatic rings. The number of unbranched alkanes of at least 4 members (excludes halogenated alkanes) is 3. The van der Waals surface area contributed by atoms with Crippen molar-refractivity contribution in [3.05, 3.63) is 84.7 Å². The van der Waals surface area contributed by atoms with E-state index < -0.39 is 11.7 Å². The SMILES string of the molecule is NC=NC=NC/C(C(=Nc1ccc(Cl)cc1Cl)c1ccc(C#CC2=CC=C(C(F)(F)F)CC2)s1)=C(/N)CCCCCCN. The molecule has 1 aromatic carbocycles. The Labute approximate surface area is 264 Å². The van der Waals surface area contributed by atoms with Gasteiger partial charge in [0, 0.05) is 27.4 Å². The zero-order valence-electron chi connectivity index (χ0n) is 23.4. The second-order valence-corrected chi connectivity index (χ2v) is 11.5. The second kappa shape index (κ2) is 17.1. The summed E-state index contributed by atoms with van der Waals surface area (Å²) in [6.07, 6.45) is 5.29. The van der Waals surface area contributed by atoms with Gasteiger partial charge in [0.15, 0.2) is 0 Å². The minimum Gasteiger partial charge on any atom is -0.402 e. The van der Waals surface area contributed by atoms with Crippen molar-refractivity contribution in [2.45, 2.75) is 51.1 Å². The Kier molecular flexibility index (Phi) is 13.5. The fraction of sp³-hybridized carbons (Fsp3) is 0.323. The molecule has 1 heterocycles. The van der Waals surface area contributed by atoms with Crippen LogP contribution in [0.15, 0.2) is 79.9 Å². The first-order valence-corrected chi connectivity index (χ1v) is 15.2. The number of halogens is 5. The van der Waals surface area contributed by atoms with E-state index in [1.165, 1.54) is 23.8 Å². The number of hydrogen-bond donors (Lipinski definition) is 3. The van der Waals surface area contributed by atoms with Crippen molar-refractivity contribution in [3.63, 3.8) is 0 Å². The van der Waals surface area contributed by atoms with Crippen LogP contribution in [0.25, 0.3) is 0 Å². The minimum atomic E-state index is -4.32. The molecule has 0 fully saturated rings. The number of rotatable bonds is 12. The molecule has 6 N–H and O–H groups in total. The highest BCUT2D eigenvalue weighted by Crippen LogP contribution is 2.33. The predicted molar refractivity (Wildman–Crippen MR) is 175 cm³/mol. The summed E-state index contributed by atoms with van der Waals surface area (Å²) >= 11 is 14.0. The zero-order chi connectivity index (χ0) is 31.2. The van der Waals surface area contributed by atoms with Crippen molar-refractivity contribution in [2.24, 2.45) is 32.2 Å². The Morgan fingerprint density at radius 2 is 1.81 bits per heavy atom. The number of benzene rings is 1. The summed E-state index contributed by atoms with van der Waals surface area (Å²) in [5.41, 5.74) is 20.2. The van der Waals surface area contributed by atoms with E-state index in [1.807, 2.05) is 12.1 Å². The van der Waals surface area contributed by atoms with E-state index in [0.29, 0.717) is 56.1 Å². The molecule has 228 valence electrons. The first-order valence-electron chi connectivity index (χ1n) is 13.6. The number of nitrogens with two attached hydrogens (primary N) is 3. The van der Waals surface area contributed by atoms with Crippen LogP contribution >= 0.6 is 34.5 Å². The van der Waals surface area contributed by atoms with Gasteiger partial charge in [0.1, 0.15) is 6.34 Å². The fourth-order valence-electron chi connectivity index (χ4n) is 4.13. The molecule has 0 saturated carbocycles. The standard InChI is InChI=1S/C31H33Cl2F3N6S/c32-23-11-14-28(26(33)17-23)42-30(25(18-40-20-41-19-38)27(39)5-3-1-2-4-16-37)29-15-13-24(43-29)12-8-21-6-9-22(10-7-21)31(34,35)36/h6,9,11,13-15,17,19-20H,1-5,7,10,16,18,37,39H2,(H2,38,40,41)/b27-25-,42-30?. The predicted octanol–water partition coefficient (Wildman–Crippen LogP) is 7.87. The molecule has 0 aliphatic heterocycles. The maximum atomic E-state index is 13.0. The summed E-state index contributed by atoms with van der Waals surface area (Å²) in [4.78, 5) is 14.6. The van der Waals surface area contributed by atoms with Gasteiger partial charge in [-0.2, -0.15) is 13.2 Å². The molecule has 3 rings (SSSR count). The Balaban J connectivity index is 2.02. The lowest BCUT2D eigenvalue weighted by Crippen LogP contribution is -2.15. The van der Waals surface area contributed by atoms with Gasteiger partial charge in [-0.15, -0.1) is 11.3 Å². The van der Waals surface area contributed by atoms with Gasteiger partial charge < -0.3 is 17.2 Å². The lowest BCUT2D eigenvalue weighted by atomic mass is 9.98. The summed E-state index contributed by atoms with van der Waals surface area (Å²) in [5.74, 6) is 6.09. The van der Waals surface area contributed by atoms with E-state index in [0.717, 1.165) is 43.0 Å². The van der Waals surface area contributed by atoms with Crippen LogP contribution in [0.4, 0.5) is 18.9 Å². The van der Waals surface area contributed by atoms with Gasteiger partial charge in [0.05, 0.1) is 39.1 Å². The molecule has 1 aromatic heterocycles. The quantitative estimate of drug-likeness (QED) is 0.0941.